The molecule has 0 unspecified atom stereocenters. The molecule has 2 atom stereocenters. The Morgan fingerprint density at radius 2 is 1.81 bits per heavy atom. The summed E-state index contributed by atoms with van der Waals surface area (Å²) in [6.07, 6.45) is 0. The Labute approximate surface area is 163 Å². The number of hydrogen-bond donors (Lipinski definition) is 2. The lowest BCUT2D eigenvalue weighted by atomic mass is 10.1. The predicted molar refractivity (Wildman–Crippen MR) is 109 cm³/mol. The molecule has 0 bridgehead atoms. The Bertz CT molecular complexity index is 836. The molecule has 0 aliphatic carbocycles. The summed E-state index contributed by atoms with van der Waals surface area (Å²) in [6.45, 7) is 2.26. The van der Waals surface area contributed by atoms with Gasteiger partial charge in [0, 0.05) is 15.9 Å². The molecule has 1 aromatic heterocycles. The summed E-state index contributed by atoms with van der Waals surface area (Å²) >= 11 is 7.68. The van der Waals surface area contributed by atoms with Gasteiger partial charge in [0.15, 0.2) is 0 Å². The molecule has 0 fully saturated rings. The molecule has 0 saturated carbocycles. The minimum absolute atomic E-state index is 0.0383. The third kappa shape index (κ3) is 4.94. The van der Waals surface area contributed by atoms with Crippen molar-refractivity contribution >= 4 is 28.8 Å². The zero-order valence-corrected chi connectivity index (χ0v) is 16.1. The van der Waals surface area contributed by atoms with E-state index < -0.39 is 0 Å². The molecule has 0 aliphatic heterocycles. The smallest absolute Gasteiger partial charge is 0.234 e. The number of thiophene rings is 1. The van der Waals surface area contributed by atoms with E-state index in [1.807, 2.05) is 79.0 Å². The molecule has 3 aromatic rings. The van der Waals surface area contributed by atoms with Crippen LogP contribution in [0.3, 0.4) is 0 Å². The van der Waals surface area contributed by atoms with Crippen molar-refractivity contribution in [3.05, 3.63) is 93.1 Å². The fraction of sp³-hybridized carbons (Fsp3) is 0.190. The first-order valence-electron chi connectivity index (χ1n) is 8.50. The summed E-state index contributed by atoms with van der Waals surface area (Å²) in [4.78, 5) is 13.6. The van der Waals surface area contributed by atoms with Gasteiger partial charge in [-0.1, -0.05) is 60.1 Å². The molecule has 0 aliphatic rings. The lowest BCUT2D eigenvalue weighted by Crippen LogP contribution is -2.37. The second-order valence-corrected chi connectivity index (χ2v) is 7.50. The Hall–Kier alpha value is -2.14. The molecule has 26 heavy (non-hydrogen) atoms. The van der Waals surface area contributed by atoms with Crippen molar-refractivity contribution in [2.24, 2.45) is 0 Å². The maximum Gasteiger partial charge on any atom is 0.234 e. The van der Waals surface area contributed by atoms with Crippen LogP contribution in [0.15, 0.2) is 72.1 Å². The van der Waals surface area contributed by atoms with Crippen LogP contribution in [-0.4, -0.2) is 12.5 Å². The zero-order valence-electron chi connectivity index (χ0n) is 14.5. The van der Waals surface area contributed by atoms with E-state index in [1.54, 1.807) is 11.3 Å². The molecule has 1 amide bonds. The fourth-order valence-corrected chi connectivity index (χ4v) is 3.77. The minimum atomic E-state index is -0.132. The largest absolute Gasteiger partial charge is 0.343 e. The number of carbonyl (C=O) groups excluding carboxylic acids is 1. The van der Waals surface area contributed by atoms with Crippen molar-refractivity contribution in [1.82, 2.24) is 10.6 Å². The van der Waals surface area contributed by atoms with Gasteiger partial charge in [-0.15, -0.1) is 11.3 Å². The van der Waals surface area contributed by atoms with Crippen LogP contribution in [0.4, 0.5) is 0 Å². The molecular weight excluding hydrogens is 364 g/mol. The topological polar surface area (TPSA) is 41.1 Å². The molecule has 0 spiro atoms. The quantitative estimate of drug-likeness (QED) is 0.604. The highest BCUT2D eigenvalue weighted by Gasteiger charge is 2.18. The van der Waals surface area contributed by atoms with E-state index in [4.69, 9.17) is 11.6 Å². The number of nitrogens with one attached hydrogen (secondary N) is 2. The fourth-order valence-electron chi connectivity index (χ4n) is 2.77. The van der Waals surface area contributed by atoms with E-state index >= 15 is 0 Å². The average molecular weight is 385 g/mol. The Kier molecular flexibility index (Phi) is 6.45. The first kappa shape index (κ1) is 18.6. The number of benzene rings is 2. The van der Waals surface area contributed by atoms with Crippen molar-refractivity contribution in [3.8, 4) is 0 Å². The number of rotatable bonds is 7. The normalized spacial score (nSPS) is 13.2. The molecule has 2 N–H and O–H groups in total. The van der Waals surface area contributed by atoms with Gasteiger partial charge in [-0.05, 0) is 41.6 Å². The summed E-state index contributed by atoms with van der Waals surface area (Å²) in [6, 6.07) is 21.6. The molecule has 0 radical (unpaired) electrons. The summed E-state index contributed by atoms with van der Waals surface area (Å²) in [7, 11) is 0. The van der Waals surface area contributed by atoms with Crippen LogP contribution in [0.5, 0.6) is 0 Å². The molecule has 3 rings (SSSR count). The lowest BCUT2D eigenvalue weighted by molar-refractivity contribution is -0.120. The molecule has 2 aromatic carbocycles. The first-order chi connectivity index (χ1) is 12.6. The number of carbonyl (C=O) groups is 1. The Balaban J connectivity index is 1.63. The lowest BCUT2D eigenvalue weighted by Gasteiger charge is -2.20. The summed E-state index contributed by atoms with van der Waals surface area (Å²) in [5.41, 5.74) is 2.13. The standard InChI is InChI=1S/C21H21ClN2OS/c1-15(17-9-5-10-18(22)13-17)23-14-20(25)24-21(19-11-6-12-26-19)16-7-3-2-4-8-16/h2-13,15,21,23H,14H2,1H3,(H,24,25)/t15-,21-/m1/s1. The van der Waals surface area contributed by atoms with Gasteiger partial charge in [0.2, 0.25) is 5.91 Å². The second-order valence-electron chi connectivity index (χ2n) is 6.08. The summed E-state index contributed by atoms with van der Waals surface area (Å²) < 4.78 is 0. The van der Waals surface area contributed by atoms with Crippen molar-refractivity contribution in [2.75, 3.05) is 6.54 Å². The third-order valence-corrected chi connectivity index (χ3v) is 5.36. The van der Waals surface area contributed by atoms with Crippen LogP contribution < -0.4 is 10.6 Å². The van der Waals surface area contributed by atoms with E-state index in [0.717, 1.165) is 16.0 Å². The van der Waals surface area contributed by atoms with Crippen LogP contribution in [0, 0.1) is 0 Å². The van der Waals surface area contributed by atoms with Crippen LogP contribution in [0.2, 0.25) is 5.02 Å². The van der Waals surface area contributed by atoms with Gasteiger partial charge in [0.05, 0.1) is 12.6 Å². The molecule has 0 saturated heterocycles. The highest BCUT2D eigenvalue weighted by atomic mass is 35.5. The van der Waals surface area contributed by atoms with E-state index in [0.29, 0.717) is 5.02 Å². The maximum absolute atomic E-state index is 12.5. The molecule has 134 valence electrons. The van der Waals surface area contributed by atoms with Crippen molar-refractivity contribution in [2.45, 2.75) is 19.0 Å². The molecular formula is C21H21ClN2OS. The van der Waals surface area contributed by atoms with Gasteiger partial charge in [0.25, 0.3) is 0 Å². The monoisotopic (exact) mass is 384 g/mol. The van der Waals surface area contributed by atoms with Crippen LogP contribution in [0.25, 0.3) is 0 Å². The van der Waals surface area contributed by atoms with E-state index in [-0.39, 0.29) is 24.5 Å². The Morgan fingerprint density at radius 1 is 1.04 bits per heavy atom. The van der Waals surface area contributed by atoms with Crippen LogP contribution in [-0.2, 0) is 4.79 Å². The molecule has 1 heterocycles. The van der Waals surface area contributed by atoms with E-state index in [1.165, 1.54) is 0 Å². The number of halogens is 1. The average Bonchev–Trinajstić information content (AvgIpc) is 3.19. The summed E-state index contributed by atoms with van der Waals surface area (Å²) in [5, 5.41) is 9.12. The summed E-state index contributed by atoms with van der Waals surface area (Å²) in [5.74, 6) is -0.0406. The van der Waals surface area contributed by atoms with Gasteiger partial charge in [-0.3, -0.25) is 4.79 Å². The van der Waals surface area contributed by atoms with Gasteiger partial charge >= 0.3 is 0 Å². The van der Waals surface area contributed by atoms with Crippen LogP contribution in [0.1, 0.15) is 35.0 Å². The zero-order chi connectivity index (χ0) is 18.4. The van der Waals surface area contributed by atoms with Crippen LogP contribution >= 0.6 is 22.9 Å². The van der Waals surface area contributed by atoms with Gasteiger partial charge in [-0.25, -0.2) is 0 Å². The SMILES string of the molecule is C[C@@H](NCC(=O)N[C@H](c1ccccc1)c1cccs1)c1cccc(Cl)c1. The van der Waals surface area contributed by atoms with E-state index in [9.17, 15) is 4.79 Å². The highest BCUT2D eigenvalue weighted by Crippen LogP contribution is 2.25. The van der Waals surface area contributed by atoms with E-state index in [2.05, 4.69) is 10.6 Å². The Morgan fingerprint density at radius 3 is 2.50 bits per heavy atom. The number of hydrogen-bond acceptors (Lipinski definition) is 3. The predicted octanol–water partition coefficient (Wildman–Crippen LogP) is 4.96. The van der Waals surface area contributed by atoms with Crippen molar-refractivity contribution in [1.29, 1.82) is 0 Å². The van der Waals surface area contributed by atoms with Gasteiger partial charge in [0.1, 0.15) is 0 Å². The molecule has 3 nitrogen and oxygen atoms in total. The van der Waals surface area contributed by atoms with Crippen molar-refractivity contribution < 1.29 is 4.79 Å². The minimum Gasteiger partial charge on any atom is -0.343 e. The molecule has 5 heteroatoms. The van der Waals surface area contributed by atoms with Gasteiger partial charge in [-0.2, -0.15) is 0 Å². The third-order valence-electron chi connectivity index (χ3n) is 4.18. The van der Waals surface area contributed by atoms with Crippen molar-refractivity contribution in [3.63, 3.8) is 0 Å². The first-order valence-corrected chi connectivity index (χ1v) is 9.76. The number of amides is 1. The second kappa shape index (κ2) is 8.99. The maximum atomic E-state index is 12.5. The highest BCUT2D eigenvalue weighted by molar-refractivity contribution is 7.10. The van der Waals surface area contributed by atoms with Gasteiger partial charge < -0.3 is 10.6 Å².